The topological polar surface area (TPSA) is 50.9 Å². The Morgan fingerprint density at radius 1 is 1.53 bits per heavy atom. The summed E-state index contributed by atoms with van der Waals surface area (Å²) >= 11 is 5.97. The first-order valence-electron chi connectivity index (χ1n) is 5.50. The highest BCUT2D eigenvalue weighted by atomic mass is 35.5. The van der Waals surface area contributed by atoms with Gasteiger partial charge in [-0.1, -0.05) is 11.6 Å². The molecule has 0 radical (unpaired) electrons. The molecule has 17 heavy (non-hydrogen) atoms. The fourth-order valence-electron chi connectivity index (χ4n) is 1.65. The van der Waals surface area contributed by atoms with Crippen LogP contribution in [0.2, 0.25) is 5.02 Å². The zero-order valence-electron chi connectivity index (χ0n) is 9.55. The third kappa shape index (κ3) is 2.84. The summed E-state index contributed by atoms with van der Waals surface area (Å²) in [4.78, 5) is 4.09. The minimum absolute atomic E-state index is 0.469. The molecule has 0 aliphatic heterocycles. The van der Waals surface area contributed by atoms with Gasteiger partial charge in [0.2, 0.25) is 0 Å². The largest absolute Gasteiger partial charge is 0.386 e. The summed E-state index contributed by atoms with van der Waals surface area (Å²) in [6.07, 6.45) is 5.07. The molecule has 5 heteroatoms. The Labute approximate surface area is 105 Å². The number of aromatic nitrogens is 3. The zero-order valence-corrected chi connectivity index (χ0v) is 10.3. The third-order valence-corrected chi connectivity index (χ3v) is 2.86. The van der Waals surface area contributed by atoms with Gasteiger partial charge in [-0.05, 0) is 24.6 Å². The highest BCUT2D eigenvalue weighted by Crippen LogP contribution is 2.22. The van der Waals surface area contributed by atoms with Gasteiger partial charge in [0, 0.05) is 25.4 Å². The Morgan fingerprint density at radius 2 is 2.35 bits per heavy atom. The maximum Gasteiger partial charge on any atom is 0.102 e. The van der Waals surface area contributed by atoms with Crippen molar-refractivity contribution >= 4 is 11.6 Å². The molecule has 0 amide bonds. The quantitative estimate of drug-likeness (QED) is 0.907. The van der Waals surface area contributed by atoms with Crippen molar-refractivity contribution in [2.75, 3.05) is 0 Å². The monoisotopic (exact) mass is 251 g/mol. The van der Waals surface area contributed by atoms with Crippen molar-refractivity contribution in [2.45, 2.75) is 26.0 Å². The number of rotatable bonds is 4. The van der Waals surface area contributed by atoms with Crippen LogP contribution >= 0.6 is 11.6 Å². The lowest BCUT2D eigenvalue weighted by Gasteiger charge is -2.09. The van der Waals surface area contributed by atoms with Crippen LogP contribution in [0.3, 0.4) is 0 Å². The number of hydrogen-bond donors (Lipinski definition) is 1. The Bertz CT molecular complexity index is 498. The molecule has 0 saturated heterocycles. The van der Waals surface area contributed by atoms with Crippen LogP contribution < -0.4 is 0 Å². The van der Waals surface area contributed by atoms with Crippen molar-refractivity contribution in [3.05, 3.63) is 47.0 Å². The summed E-state index contributed by atoms with van der Waals surface area (Å²) < 4.78 is 1.82. The number of pyridine rings is 1. The van der Waals surface area contributed by atoms with Gasteiger partial charge in [-0.25, -0.2) is 0 Å². The van der Waals surface area contributed by atoms with Crippen molar-refractivity contribution in [3.8, 4) is 0 Å². The van der Waals surface area contributed by atoms with Crippen LogP contribution in [0, 0.1) is 0 Å². The molecule has 0 fully saturated rings. The molecule has 1 unspecified atom stereocenters. The number of aliphatic hydroxyl groups excluding tert-OH is 1. The molecule has 0 bridgehead atoms. The van der Waals surface area contributed by atoms with Crippen LogP contribution in [-0.4, -0.2) is 19.9 Å². The molecular weight excluding hydrogens is 238 g/mol. The first-order valence-corrected chi connectivity index (χ1v) is 5.88. The van der Waals surface area contributed by atoms with Crippen molar-refractivity contribution in [1.29, 1.82) is 0 Å². The smallest absolute Gasteiger partial charge is 0.102 e. The zero-order chi connectivity index (χ0) is 12.3. The predicted molar refractivity (Wildman–Crippen MR) is 65.8 cm³/mol. The van der Waals surface area contributed by atoms with Gasteiger partial charge in [0.25, 0.3) is 0 Å². The van der Waals surface area contributed by atoms with Gasteiger partial charge >= 0.3 is 0 Å². The average Bonchev–Trinajstić information content (AvgIpc) is 2.77. The van der Waals surface area contributed by atoms with E-state index in [-0.39, 0.29) is 0 Å². The second-order valence-corrected chi connectivity index (χ2v) is 4.20. The molecule has 1 atom stereocenters. The summed E-state index contributed by atoms with van der Waals surface area (Å²) in [6.45, 7) is 2.84. The van der Waals surface area contributed by atoms with E-state index in [0.29, 0.717) is 17.1 Å². The van der Waals surface area contributed by atoms with E-state index in [2.05, 4.69) is 10.1 Å². The van der Waals surface area contributed by atoms with Gasteiger partial charge in [-0.2, -0.15) is 5.10 Å². The Kier molecular flexibility index (Phi) is 3.76. The van der Waals surface area contributed by atoms with E-state index in [0.717, 1.165) is 12.1 Å². The molecule has 2 rings (SSSR count). The third-order valence-electron chi connectivity index (χ3n) is 2.54. The predicted octanol–water partition coefficient (Wildman–Crippen LogP) is 2.23. The summed E-state index contributed by atoms with van der Waals surface area (Å²) in [5.41, 5.74) is 1.49. The van der Waals surface area contributed by atoms with E-state index >= 15 is 0 Å². The number of nitrogens with zero attached hydrogens (tertiary/aromatic N) is 3. The molecule has 1 N–H and O–H groups in total. The van der Waals surface area contributed by atoms with Crippen LogP contribution in [0.15, 0.2) is 30.7 Å². The molecule has 0 spiro atoms. The van der Waals surface area contributed by atoms with Crippen LogP contribution in [-0.2, 0) is 13.0 Å². The van der Waals surface area contributed by atoms with Crippen LogP contribution in [0.25, 0.3) is 0 Å². The first kappa shape index (κ1) is 12.1. The van der Waals surface area contributed by atoms with Crippen LogP contribution in [0.4, 0.5) is 0 Å². The fourth-order valence-corrected chi connectivity index (χ4v) is 1.90. The SMILES string of the molecule is CCn1cc(CC(O)c2ncccc2Cl)cn1. The van der Waals surface area contributed by atoms with Crippen molar-refractivity contribution in [1.82, 2.24) is 14.8 Å². The van der Waals surface area contributed by atoms with E-state index in [1.807, 2.05) is 17.8 Å². The number of hydrogen-bond acceptors (Lipinski definition) is 3. The van der Waals surface area contributed by atoms with Gasteiger partial charge in [-0.15, -0.1) is 0 Å². The Balaban J connectivity index is 2.11. The lowest BCUT2D eigenvalue weighted by Crippen LogP contribution is -2.04. The van der Waals surface area contributed by atoms with Crippen molar-refractivity contribution in [2.24, 2.45) is 0 Å². The van der Waals surface area contributed by atoms with Crippen LogP contribution in [0.1, 0.15) is 24.3 Å². The molecule has 0 aliphatic carbocycles. The second kappa shape index (κ2) is 5.29. The second-order valence-electron chi connectivity index (χ2n) is 3.79. The minimum Gasteiger partial charge on any atom is -0.386 e. The molecule has 90 valence electrons. The molecule has 2 aromatic rings. The maximum atomic E-state index is 10.1. The summed E-state index contributed by atoms with van der Waals surface area (Å²) in [5, 5.41) is 14.7. The molecule has 0 aliphatic rings. The summed E-state index contributed by atoms with van der Waals surface area (Å²) in [5.74, 6) is 0. The van der Waals surface area contributed by atoms with Gasteiger partial charge < -0.3 is 5.11 Å². The van der Waals surface area contributed by atoms with Crippen LogP contribution in [0.5, 0.6) is 0 Å². The first-order chi connectivity index (χ1) is 8.20. The lowest BCUT2D eigenvalue weighted by molar-refractivity contribution is 0.173. The average molecular weight is 252 g/mol. The molecule has 2 heterocycles. The molecule has 0 saturated carbocycles. The highest BCUT2D eigenvalue weighted by Gasteiger charge is 2.14. The van der Waals surface area contributed by atoms with Gasteiger partial charge in [0.05, 0.1) is 16.9 Å². The molecule has 4 nitrogen and oxygen atoms in total. The number of aliphatic hydroxyl groups is 1. The Hall–Kier alpha value is -1.39. The van der Waals surface area contributed by atoms with E-state index in [1.54, 1.807) is 24.5 Å². The van der Waals surface area contributed by atoms with Gasteiger partial charge in [0.1, 0.15) is 6.10 Å². The fraction of sp³-hybridized carbons (Fsp3) is 0.333. The highest BCUT2D eigenvalue weighted by molar-refractivity contribution is 6.31. The minimum atomic E-state index is -0.696. The summed E-state index contributed by atoms with van der Waals surface area (Å²) in [6, 6.07) is 3.47. The van der Waals surface area contributed by atoms with Crippen molar-refractivity contribution in [3.63, 3.8) is 0 Å². The van der Waals surface area contributed by atoms with Gasteiger partial charge in [0.15, 0.2) is 0 Å². The van der Waals surface area contributed by atoms with E-state index in [4.69, 9.17) is 11.6 Å². The summed E-state index contributed by atoms with van der Waals surface area (Å²) in [7, 11) is 0. The normalized spacial score (nSPS) is 12.6. The number of aryl methyl sites for hydroxylation is 1. The molecule has 2 aromatic heterocycles. The van der Waals surface area contributed by atoms with E-state index in [9.17, 15) is 5.11 Å². The molecule has 0 aromatic carbocycles. The Morgan fingerprint density at radius 3 is 3.00 bits per heavy atom. The van der Waals surface area contributed by atoms with E-state index < -0.39 is 6.10 Å². The standard InChI is InChI=1S/C12H14ClN3O/c1-2-16-8-9(7-15-16)6-11(17)12-10(13)4-3-5-14-12/h3-5,7-8,11,17H,2,6H2,1H3. The maximum absolute atomic E-state index is 10.1. The lowest BCUT2D eigenvalue weighted by atomic mass is 10.1. The van der Waals surface area contributed by atoms with Gasteiger partial charge in [-0.3, -0.25) is 9.67 Å². The van der Waals surface area contributed by atoms with E-state index in [1.165, 1.54) is 0 Å². The van der Waals surface area contributed by atoms with Crippen molar-refractivity contribution < 1.29 is 5.11 Å². The molecular formula is C12H14ClN3O. The number of halogens is 1.